The Morgan fingerprint density at radius 1 is 1.50 bits per heavy atom. The van der Waals surface area contributed by atoms with Gasteiger partial charge in [0.15, 0.2) is 5.16 Å². The fourth-order valence-corrected chi connectivity index (χ4v) is 3.11. The van der Waals surface area contributed by atoms with E-state index in [1.54, 1.807) is 0 Å². The first kappa shape index (κ1) is 13.7. The van der Waals surface area contributed by atoms with Crippen LogP contribution in [0.5, 0.6) is 0 Å². The summed E-state index contributed by atoms with van der Waals surface area (Å²) in [6.45, 7) is 3.36. The Hall–Kier alpha value is -1.27. The molecule has 6 heteroatoms. The minimum absolute atomic E-state index is 0.0120. The fraction of sp³-hybridized carbons (Fsp3) is 0.571. The van der Waals surface area contributed by atoms with Gasteiger partial charge in [0.05, 0.1) is 24.1 Å². The van der Waals surface area contributed by atoms with Crippen LogP contribution >= 0.6 is 11.8 Å². The summed E-state index contributed by atoms with van der Waals surface area (Å²) in [7, 11) is 0. The third-order valence-electron chi connectivity index (χ3n) is 3.76. The Kier molecular flexibility index (Phi) is 4.12. The van der Waals surface area contributed by atoms with Gasteiger partial charge in [-0.2, -0.15) is 0 Å². The van der Waals surface area contributed by atoms with Crippen molar-refractivity contribution in [1.29, 1.82) is 0 Å². The molecule has 0 amide bonds. The van der Waals surface area contributed by atoms with Gasteiger partial charge < -0.3 is 9.72 Å². The van der Waals surface area contributed by atoms with Crippen molar-refractivity contribution in [3.05, 3.63) is 33.4 Å². The van der Waals surface area contributed by atoms with Crippen LogP contribution in [0, 0.1) is 0 Å². The van der Waals surface area contributed by atoms with E-state index >= 15 is 0 Å². The molecule has 2 aliphatic rings. The molecule has 108 valence electrons. The Bertz CT molecular complexity index is 582. The maximum absolute atomic E-state index is 12.1. The molecule has 3 rings (SSSR count). The topological polar surface area (TPSA) is 58.2 Å². The molecule has 5 nitrogen and oxygen atoms in total. The summed E-state index contributed by atoms with van der Waals surface area (Å²) >= 11 is 1.48. The molecule has 1 aromatic heterocycles. The lowest BCUT2D eigenvalue weighted by Gasteiger charge is -2.29. The van der Waals surface area contributed by atoms with Crippen LogP contribution in [0.15, 0.2) is 21.8 Å². The van der Waals surface area contributed by atoms with Gasteiger partial charge in [0, 0.05) is 26.1 Å². The molecule has 0 fully saturated rings. The molecule has 3 heterocycles. The van der Waals surface area contributed by atoms with Gasteiger partial charge in [-0.15, -0.1) is 0 Å². The van der Waals surface area contributed by atoms with Crippen molar-refractivity contribution in [1.82, 2.24) is 14.9 Å². The zero-order valence-electron chi connectivity index (χ0n) is 11.6. The van der Waals surface area contributed by atoms with Crippen LogP contribution in [0.3, 0.4) is 0 Å². The first-order valence-electron chi connectivity index (χ1n) is 6.94. The Balaban J connectivity index is 1.75. The number of H-pyrrole nitrogens is 1. The van der Waals surface area contributed by atoms with Crippen molar-refractivity contribution in [3.8, 4) is 0 Å². The number of hydrogen-bond acceptors (Lipinski definition) is 5. The molecule has 0 atom stereocenters. The molecule has 20 heavy (non-hydrogen) atoms. The molecule has 0 saturated heterocycles. The highest BCUT2D eigenvalue weighted by molar-refractivity contribution is 7.98. The van der Waals surface area contributed by atoms with Gasteiger partial charge in [-0.3, -0.25) is 9.69 Å². The lowest BCUT2D eigenvalue weighted by Crippen LogP contribution is -2.37. The van der Waals surface area contributed by atoms with Crippen LogP contribution in [0.4, 0.5) is 0 Å². The monoisotopic (exact) mass is 293 g/mol. The van der Waals surface area contributed by atoms with Gasteiger partial charge in [0.1, 0.15) is 0 Å². The summed E-state index contributed by atoms with van der Waals surface area (Å²) in [6, 6.07) is 0. The van der Waals surface area contributed by atoms with Crippen LogP contribution in [0.1, 0.15) is 24.1 Å². The number of ether oxygens (including phenoxy) is 1. The van der Waals surface area contributed by atoms with Gasteiger partial charge in [-0.05, 0) is 24.7 Å². The zero-order chi connectivity index (χ0) is 13.9. The largest absolute Gasteiger partial charge is 0.501 e. The summed E-state index contributed by atoms with van der Waals surface area (Å²) in [5.41, 5.74) is 3.12. The number of rotatable bonds is 3. The summed E-state index contributed by atoms with van der Waals surface area (Å²) in [4.78, 5) is 21.8. The predicted octanol–water partition coefficient (Wildman–Crippen LogP) is 1.54. The molecule has 0 aromatic carbocycles. The maximum Gasteiger partial charge on any atom is 0.256 e. The summed E-state index contributed by atoms with van der Waals surface area (Å²) in [5.74, 6) is 0. The quantitative estimate of drug-likeness (QED) is 0.677. The number of aromatic nitrogens is 2. The molecular weight excluding hydrogens is 274 g/mol. The van der Waals surface area contributed by atoms with E-state index < -0.39 is 0 Å². The molecule has 1 N–H and O–H groups in total. The molecule has 0 saturated carbocycles. The molecular formula is C14H19N3O2S. The molecule has 0 spiro atoms. The van der Waals surface area contributed by atoms with E-state index in [1.807, 2.05) is 12.5 Å². The van der Waals surface area contributed by atoms with Crippen molar-refractivity contribution in [2.24, 2.45) is 0 Å². The Labute approximate surface area is 122 Å². The van der Waals surface area contributed by atoms with Crippen LogP contribution < -0.4 is 5.56 Å². The van der Waals surface area contributed by atoms with Crippen LogP contribution in [-0.4, -0.2) is 40.8 Å². The summed E-state index contributed by atoms with van der Waals surface area (Å²) in [6.07, 6.45) is 6.85. The Morgan fingerprint density at radius 3 is 3.15 bits per heavy atom. The van der Waals surface area contributed by atoms with Gasteiger partial charge >= 0.3 is 0 Å². The SMILES string of the molecule is CSc1nc2c(c(=O)[nH]1)CN(CC1=COCCC1)CC2. The standard InChI is InChI=1S/C14H19N3O2S/c1-20-14-15-12-4-5-17(8-11(12)13(18)16-14)7-10-3-2-6-19-9-10/h9H,2-8H2,1H3,(H,15,16,18). The number of thioether (sulfide) groups is 1. The lowest BCUT2D eigenvalue weighted by molar-refractivity contribution is 0.208. The van der Waals surface area contributed by atoms with E-state index in [9.17, 15) is 4.79 Å². The van der Waals surface area contributed by atoms with E-state index in [2.05, 4.69) is 14.9 Å². The molecule has 0 radical (unpaired) electrons. The maximum atomic E-state index is 12.1. The van der Waals surface area contributed by atoms with Crippen molar-refractivity contribution in [2.45, 2.75) is 31.0 Å². The highest BCUT2D eigenvalue weighted by Gasteiger charge is 2.22. The van der Waals surface area contributed by atoms with E-state index in [-0.39, 0.29) is 5.56 Å². The minimum atomic E-state index is 0.0120. The number of nitrogens with zero attached hydrogens (tertiary/aromatic N) is 2. The molecule has 2 aliphatic heterocycles. The van der Waals surface area contributed by atoms with E-state index in [0.29, 0.717) is 11.7 Å². The third kappa shape index (κ3) is 2.91. The molecule has 0 aliphatic carbocycles. The average Bonchev–Trinajstić information content (AvgIpc) is 2.48. The number of fused-ring (bicyclic) bond motifs is 1. The van der Waals surface area contributed by atoms with Crippen molar-refractivity contribution in [2.75, 3.05) is 26.0 Å². The van der Waals surface area contributed by atoms with Gasteiger partial charge in [-0.25, -0.2) is 4.98 Å². The summed E-state index contributed by atoms with van der Waals surface area (Å²) < 4.78 is 5.38. The number of nitrogens with one attached hydrogen (secondary N) is 1. The molecule has 0 bridgehead atoms. The molecule has 1 aromatic rings. The smallest absolute Gasteiger partial charge is 0.256 e. The second-order valence-electron chi connectivity index (χ2n) is 5.21. The Morgan fingerprint density at radius 2 is 2.40 bits per heavy atom. The predicted molar refractivity (Wildman–Crippen MR) is 78.9 cm³/mol. The molecule has 0 unspecified atom stereocenters. The minimum Gasteiger partial charge on any atom is -0.501 e. The zero-order valence-corrected chi connectivity index (χ0v) is 12.5. The highest BCUT2D eigenvalue weighted by Crippen LogP contribution is 2.19. The van der Waals surface area contributed by atoms with Crippen LogP contribution in [-0.2, 0) is 17.7 Å². The number of hydrogen-bond donors (Lipinski definition) is 1. The van der Waals surface area contributed by atoms with Crippen molar-refractivity contribution >= 4 is 11.8 Å². The first-order valence-corrected chi connectivity index (χ1v) is 8.16. The lowest BCUT2D eigenvalue weighted by atomic mass is 10.0. The van der Waals surface area contributed by atoms with E-state index in [1.165, 1.54) is 17.3 Å². The van der Waals surface area contributed by atoms with Crippen molar-refractivity contribution in [3.63, 3.8) is 0 Å². The second-order valence-corrected chi connectivity index (χ2v) is 6.01. The average molecular weight is 293 g/mol. The normalized spacial score (nSPS) is 19.1. The van der Waals surface area contributed by atoms with Gasteiger partial charge in [0.25, 0.3) is 5.56 Å². The van der Waals surface area contributed by atoms with E-state index in [4.69, 9.17) is 4.74 Å². The first-order chi connectivity index (χ1) is 9.76. The third-order valence-corrected chi connectivity index (χ3v) is 4.34. The summed E-state index contributed by atoms with van der Waals surface area (Å²) in [5, 5.41) is 0.714. The van der Waals surface area contributed by atoms with Crippen LogP contribution in [0.25, 0.3) is 0 Å². The van der Waals surface area contributed by atoms with Crippen molar-refractivity contribution < 1.29 is 4.74 Å². The van der Waals surface area contributed by atoms with Gasteiger partial charge in [-0.1, -0.05) is 11.8 Å². The second kappa shape index (κ2) is 6.01. The number of aromatic amines is 1. The van der Waals surface area contributed by atoms with E-state index in [0.717, 1.165) is 50.2 Å². The fourth-order valence-electron chi connectivity index (χ4n) is 2.71. The highest BCUT2D eigenvalue weighted by atomic mass is 32.2. The van der Waals surface area contributed by atoms with Gasteiger partial charge in [0.2, 0.25) is 0 Å². The van der Waals surface area contributed by atoms with Crippen LogP contribution in [0.2, 0.25) is 0 Å².